The quantitative estimate of drug-likeness (QED) is 0.720. The Balaban J connectivity index is 1.71. The second kappa shape index (κ2) is 6.91. The molecule has 2 N–H and O–H groups in total. The van der Waals surface area contributed by atoms with Crippen LogP contribution in [0.25, 0.3) is 17.3 Å². The SMILES string of the molecule is Cc1ccc(C=CC(=O)Nc2n[nH]c(-c3ccncc3)c2C)cc1. The van der Waals surface area contributed by atoms with Crippen LogP contribution in [0.15, 0.2) is 54.9 Å². The summed E-state index contributed by atoms with van der Waals surface area (Å²) < 4.78 is 0. The first kappa shape index (κ1) is 15.7. The number of benzene rings is 1. The molecule has 0 aliphatic rings. The number of anilines is 1. The number of amides is 1. The molecule has 0 radical (unpaired) electrons. The van der Waals surface area contributed by atoms with Crippen LogP contribution in [-0.4, -0.2) is 21.1 Å². The molecule has 0 saturated heterocycles. The molecule has 0 aliphatic heterocycles. The molecule has 0 atom stereocenters. The molecular weight excluding hydrogens is 300 g/mol. The van der Waals surface area contributed by atoms with Crippen molar-refractivity contribution in [3.8, 4) is 11.3 Å². The first-order valence-electron chi connectivity index (χ1n) is 7.64. The van der Waals surface area contributed by atoms with Crippen LogP contribution in [-0.2, 0) is 4.79 Å². The molecule has 5 heteroatoms. The lowest BCUT2D eigenvalue weighted by Crippen LogP contribution is -2.09. The van der Waals surface area contributed by atoms with E-state index in [1.54, 1.807) is 18.5 Å². The van der Waals surface area contributed by atoms with Gasteiger partial charge in [-0.05, 0) is 37.6 Å². The summed E-state index contributed by atoms with van der Waals surface area (Å²) in [4.78, 5) is 16.1. The zero-order valence-electron chi connectivity index (χ0n) is 13.6. The normalized spacial score (nSPS) is 10.9. The lowest BCUT2D eigenvalue weighted by atomic mass is 10.1. The van der Waals surface area contributed by atoms with Crippen LogP contribution < -0.4 is 5.32 Å². The summed E-state index contributed by atoms with van der Waals surface area (Å²) in [6.07, 6.45) is 6.72. The second-order valence-electron chi connectivity index (χ2n) is 5.54. The molecule has 0 fully saturated rings. The van der Waals surface area contributed by atoms with Crippen molar-refractivity contribution >= 4 is 17.8 Å². The molecular formula is C19H18N4O. The highest BCUT2D eigenvalue weighted by Gasteiger charge is 2.11. The highest BCUT2D eigenvalue weighted by atomic mass is 16.1. The molecule has 24 heavy (non-hydrogen) atoms. The average Bonchev–Trinajstić information content (AvgIpc) is 2.96. The zero-order chi connectivity index (χ0) is 16.9. The Bertz CT molecular complexity index is 864. The third kappa shape index (κ3) is 3.57. The van der Waals surface area contributed by atoms with Crippen molar-refractivity contribution in [2.75, 3.05) is 5.32 Å². The van der Waals surface area contributed by atoms with Gasteiger partial charge in [0.05, 0.1) is 5.69 Å². The van der Waals surface area contributed by atoms with Crippen molar-refractivity contribution in [3.63, 3.8) is 0 Å². The van der Waals surface area contributed by atoms with E-state index in [1.165, 1.54) is 11.6 Å². The van der Waals surface area contributed by atoms with Crippen LogP contribution in [0.5, 0.6) is 0 Å². The molecule has 0 bridgehead atoms. The molecule has 0 saturated carbocycles. The van der Waals surface area contributed by atoms with Crippen LogP contribution in [0.3, 0.4) is 0 Å². The number of aryl methyl sites for hydroxylation is 1. The van der Waals surface area contributed by atoms with Gasteiger partial charge in [-0.3, -0.25) is 14.9 Å². The fraction of sp³-hybridized carbons (Fsp3) is 0.105. The zero-order valence-corrected chi connectivity index (χ0v) is 13.6. The predicted octanol–water partition coefficient (Wildman–Crippen LogP) is 3.74. The summed E-state index contributed by atoms with van der Waals surface area (Å²) in [5, 5.41) is 9.94. The maximum Gasteiger partial charge on any atom is 0.249 e. The van der Waals surface area contributed by atoms with Gasteiger partial charge >= 0.3 is 0 Å². The van der Waals surface area contributed by atoms with Crippen molar-refractivity contribution in [3.05, 3.63) is 71.6 Å². The molecule has 2 aromatic heterocycles. The smallest absolute Gasteiger partial charge is 0.249 e. The third-order valence-electron chi connectivity index (χ3n) is 3.72. The summed E-state index contributed by atoms with van der Waals surface area (Å²) in [7, 11) is 0. The lowest BCUT2D eigenvalue weighted by molar-refractivity contribution is -0.111. The van der Waals surface area contributed by atoms with Gasteiger partial charge in [-0.15, -0.1) is 0 Å². The maximum atomic E-state index is 12.1. The minimum absolute atomic E-state index is 0.216. The number of rotatable bonds is 4. The molecule has 0 spiro atoms. The van der Waals surface area contributed by atoms with Gasteiger partial charge in [0.2, 0.25) is 5.91 Å². The lowest BCUT2D eigenvalue weighted by Gasteiger charge is -2.01. The molecule has 3 rings (SSSR count). The van der Waals surface area contributed by atoms with Gasteiger partial charge in [0.15, 0.2) is 5.82 Å². The molecule has 1 amide bonds. The highest BCUT2D eigenvalue weighted by molar-refractivity contribution is 6.02. The van der Waals surface area contributed by atoms with Gasteiger partial charge in [-0.25, -0.2) is 0 Å². The molecule has 0 aliphatic carbocycles. The monoisotopic (exact) mass is 318 g/mol. The minimum Gasteiger partial charge on any atom is -0.305 e. The Kier molecular flexibility index (Phi) is 4.52. The molecule has 120 valence electrons. The third-order valence-corrected chi connectivity index (χ3v) is 3.72. The van der Waals surface area contributed by atoms with E-state index >= 15 is 0 Å². The largest absolute Gasteiger partial charge is 0.305 e. The Morgan fingerprint density at radius 2 is 1.79 bits per heavy atom. The summed E-state index contributed by atoms with van der Waals surface area (Å²) in [6, 6.07) is 11.8. The Labute approximate surface area is 140 Å². The van der Waals surface area contributed by atoms with Gasteiger partial charge in [-0.2, -0.15) is 5.10 Å². The molecule has 0 unspecified atom stereocenters. The predicted molar refractivity (Wildman–Crippen MR) is 95.4 cm³/mol. The van der Waals surface area contributed by atoms with E-state index in [4.69, 9.17) is 0 Å². The summed E-state index contributed by atoms with van der Waals surface area (Å²) in [5.41, 5.74) is 4.90. The maximum absolute atomic E-state index is 12.1. The van der Waals surface area contributed by atoms with E-state index in [0.29, 0.717) is 5.82 Å². The van der Waals surface area contributed by atoms with Crippen LogP contribution in [0.4, 0.5) is 5.82 Å². The number of aromatic nitrogens is 3. The summed E-state index contributed by atoms with van der Waals surface area (Å²) >= 11 is 0. The number of carbonyl (C=O) groups is 1. The van der Waals surface area contributed by atoms with E-state index in [1.807, 2.05) is 50.2 Å². The first-order chi connectivity index (χ1) is 11.6. The van der Waals surface area contributed by atoms with E-state index in [9.17, 15) is 4.79 Å². The van der Waals surface area contributed by atoms with Crippen molar-refractivity contribution < 1.29 is 4.79 Å². The number of aromatic amines is 1. The van der Waals surface area contributed by atoms with E-state index in [2.05, 4.69) is 20.5 Å². The van der Waals surface area contributed by atoms with Gasteiger partial charge in [0.25, 0.3) is 0 Å². The van der Waals surface area contributed by atoms with Gasteiger partial charge in [0, 0.05) is 29.6 Å². The van der Waals surface area contributed by atoms with Crippen molar-refractivity contribution in [1.82, 2.24) is 15.2 Å². The standard InChI is InChI=1S/C19H18N4O/c1-13-3-5-15(6-4-13)7-8-17(24)21-19-14(2)18(22-23-19)16-9-11-20-12-10-16/h3-12H,1-2H3,(H2,21,22,23,24). The Morgan fingerprint density at radius 1 is 1.08 bits per heavy atom. The number of hydrogen-bond acceptors (Lipinski definition) is 3. The first-order valence-corrected chi connectivity index (χ1v) is 7.64. The van der Waals surface area contributed by atoms with Gasteiger partial charge in [-0.1, -0.05) is 29.8 Å². The number of pyridine rings is 1. The van der Waals surface area contributed by atoms with Crippen LogP contribution in [0, 0.1) is 13.8 Å². The Morgan fingerprint density at radius 3 is 2.50 bits per heavy atom. The number of carbonyl (C=O) groups excluding carboxylic acids is 1. The number of nitrogens with one attached hydrogen (secondary N) is 2. The van der Waals surface area contributed by atoms with Crippen LogP contribution >= 0.6 is 0 Å². The van der Waals surface area contributed by atoms with Gasteiger partial charge in [0.1, 0.15) is 0 Å². The van der Waals surface area contributed by atoms with Crippen molar-refractivity contribution in [2.45, 2.75) is 13.8 Å². The number of H-pyrrole nitrogens is 1. The summed E-state index contributed by atoms with van der Waals surface area (Å²) in [6.45, 7) is 3.94. The van der Waals surface area contributed by atoms with E-state index < -0.39 is 0 Å². The van der Waals surface area contributed by atoms with Crippen molar-refractivity contribution in [1.29, 1.82) is 0 Å². The van der Waals surface area contributed by atoms with Crippen LogP contribution in [0.2, 0.25) is 0 Å². The molecule has 1 aromatic carbocycles. The minimum atomic E-state index is -0.216. The van der Waals surface area contributed by atoms with Crippen molar-refractivity contribution in [2.24, 2.45) is 0 Å². The molecule has 3 aromatic rings. The van der Waals surface area contributed by atoms with Crippen LogP contribution in [0.1, 0.15) is 16.7 Å². The highest BCUT2D eigenvalue weighted by Crippen LogP contribution is 2.25. The fourth-order valence-corrected chi connectivity index (χ4v) is 2.33. The second-order valence-corrected chi connectivity index (χ2v) is 5.54. The number of hydrogen-bond donors (Lipinski definition) is 2. The topological polar surface area (TPSA) is 70.7 Å². The summed E-state index contributed by atoms with van der Waals surface area (Å²) in [5.74, 6) is 0.312. The van der Waals surface area contributed by atoms with E-state index in [-0.39, 0.29) is 5.91 Å². The van der Waals surface area contributed by atoms with Gasteiger partial charge < -0.3 is 5.32 Å². The fourth-order valence-electron chi connectivity index (χ4n) is 2.33. The molecule has 5 nitrogen and oxygen atoms in total. The Hall–Kier alpha value is -3.21. The number of nitrogens with zero attached hydrogens (tertiary/aromatic N) is 2. The average molecular weight is 318 g/mol. The van der Waals surface area contributed by atoms with E-state index in [0.717, 1.165) is 22.4 Å². The molecule has 2 heterocycles.